The van der Waals surface area contributed by atoms with E-state index in [1.165, 1.54) is 10.4 Å². The molecular weight excluding hydrogens is 244 g/mol. The summed E-state index contributed by atoms with van der Waals surface area (Å²) >= 11 is 1.77. The number of benzene rings is 1. The Kier molecular flexibility index (Phi) is 4.33. The Labute approximate surface area is 112 Å². The van der Waals surface area contributed by atoms with Gasteiger partial charge >= 0.3 is 0 Å². The van der Waals surface area contributed by atoms with Crippen molar-refractivity contribution in [2.24, 2.45) is 0 Å². The molecule has 96 valence electrons. The summed E-state index contributed by atoms with van der Waals surface area (Å²) in [5, 5.41) is 4.38. The van der Waals surface area contributed by atoms with Gasteiger partial charge in [0.2, 0.25) is 0 Å². The van der Waals surface area contributed by atoms with Gasteiger partial charge < -0.3 is 10.1 Å². The highest BCUT2D eigenvalue weighted by Crippen LogP contribution is 2.23. The predicted molar refractivity (Wildman–Crippen MR) is 75.4 cm³/mol. The minimum absolute atomic E-state index is 0.368. The molecule has 0 fully saturated rings. The van der Waals surface area contributed by atoms with Gasteiger partial charge in [-0.3, -0.25) is 0 Å². The lowest BCUT2D eigenvalue weighted by Crippen LogP contribution is -2.10. The Morgan fingerprint density at radius 1 is 1.33 bits per heavy atom. The number of methoxy groups -OCH3 is 1. The molecule has 18 heavy (non-hydrogen) atoms. The molecule has 2 aromatic rings. The summed E-state index contributed by atoms with van der Waals surface area (Å²) in [7, 11) is 3.65. The van der Waals surface area contributed by atoms with E-state index in [4.69, 9.17) is 4.74 Å². The van der Waals surface area contributed by atoms with Crippen molar-refractivity contribution < 1.29 is 4.74 Å². The monoisotopic (exact) mass is 262 g/mol. The van der Waals surface area contributed by atoms with Crippen molar-refractivity contribution in [1.82, 2.24) is 10.3 Å². The van der Waals surface area contributed by atoms with Crippen molar-refractivity contribution in [3.8, 4) is 5.75 Å². The molecule has 0 aliphatic heterocycles. The lowest BCUT2D eigenvalue weighted by molar-refractivity contribution is 0.414. The standard InChI is InChI=1S/C14H18N2OS/c1-10(15-2)13-9-16-14(18-13)8-11-4-6-12(17-3)7-5-11/h4-7,9-10,15H,8H2,1-3H3. The van der Waals surface area contributed by atoms with Crippen LogP contribution in [0.25, 0.3) is 0 Å². The van der Waals surface area contributed by atoms with Crippen LogP contribution in [0.3, 0.4) is 0 Å². The SMILES string of the molecule is CNC(C)c1cnc(Cc2ccc(OC)cc2)s1. The molecule has 0 aliphatic carbocycles. The minimum atomic E-state index is 0.368. The Bertz CT molecular complexity index is 493. The number of thiazole rings is 1. The van der Waals surface area contributed by atoms with E-state index in [0.717, 1.165) is 17.2 Å². The second-order valence-electron chi connectivity index (χ2n) is 4.19. The Balaban J connectivity index is 2.06. The second kappa shape index (κ2) is 5.98. The third kappa shape index (κ3) is 3.09. The van der Waals surface area contributed by atoms with Crippen LogP contribution in [0.2, 0.25) is 0 Å². The lowest BCUT2D eigenvalue weighted by Gasteiger charge is -2.05. The summed E-state index contributed by atoms with van der Waals surface area (Å²) in [4.78, 5) is 5.75. The molecule has 1 N–H and O–H groups in total. The van der Waals surface area contributed by atoms with E-state index >= 15 is 0 Å². The highest BCUT2D eigenvalue weighted by atomic mass is 32.1. The number of aromatic nitrogens is 1. The maximum atomic E-state index is 5.15. The largest absolute Gasteiger partial charge is 0.497 e. The van der Waals surface area contributed by atoms with Crippen molar-refractivity contribution in [2.75, 3.05) is 14.2 Å². The van der Waals surface area contributed by atoms with Gasteiger partial charge in [-0.2, -0.15) is 0 Å². The Hall–Kier alpha value is -1.39. The predicted octanol–water partition coefficient (Wildman–Crippen LogP) is 3.02. The molecule has 0 amide bonds. The molecule has 2 rings (SSSR count). The molecule has 0 saturated carbocycles. The van der Waals surface area contributed by atoms with Crippen molar-refractivity contribution in [2.45, 2.75) is 19.4 Å². The maximum absolute atomic E-state index is 5.15. The van der Waals surface area contributed by atoms with E-state index in [9.17, 15) is 0 Å². The summed E-state index contributed by atoms with van der Waals surface area (Å²) in [5.41, 5.74) is 1.26. The van der Waals surface area contributed by atoms with Crippen LogP contribution < -0.4 is 10.1 Å². The van der Waals surface area contributed by atoms with Gasteiger partial charge in [0.05, 0.1) is 12.1 Å². The van der Waals surface area contributed by atoms with Crippen molar-refractivity contribution in [1.29, 1.82) is 0 Å². The fourth-order valence-electron chi connectivity index (χ4n) is 1.67. The van der Waals surface area contributed by atoms with Gasteiger partial charge in [0, 0.05) is 23.5 Å². The van der Waals surface area contributed by atoms with Crippen LogP contribution in [0.15, 0.2) is 30.5 Å². The van der Waals surface area contributed by atoms with Gasteiger partial charge in [0.15, 0.2) is 0 Å². The average Bonchev–Trinajstić information content (AvgIpc) is 2.87. The van der Waals surface area contributed by atoms with E-state index in [-0.39, 0.29) is 0 Å². The molecule has 0 bridgehead atoms. The quantitative estimate of drug-likeness (QED) is 0.899. The van der Waals surface area contributed by atoms with E-state index in [0.29, 0.717) is 6.04 Å². The van der Waals surface area contributed by atoms with Crippen LogP contribution in [0.1, 0.15) is 28.4 Å². The zero-order valence-corrected chi connectivity index (χ0v) is 11.8. The number of hydrogen-bond acceptors (Lipinski definition) is 4. The molecule has 1 aromatic heterocycles. The summed E-state index contributed by atoms with van der Waals surface area (Å²) in [6.07, 6.45) is 2.84. The smallest absolute Gasteiger partial charge is 0.118 e. The number of nitrogens with zero attached hydrogens (tertiary/aromatic N) is 1. The van der Waals surface area contributed by atoms with Crippen LogP contribution in [-0.2, 0) is 6.42 Å². The third-order valence-electron chi connectivity index (χ3n) is 2.95. The summed E-state index contributed by atoms with van der Waals surface area (Å²) < 4.78 is 5.15. The van der Waals surface area contributed by atoms with Gasteiger partial charge in [0.1, 0.15) is 5.75 Å². The molecule has 4 heteroatoms. The van der Waals surface area contributed by atoms with Gasteiger partial charge in [0.25, 0.3) is 0 Å². The highest BCUT2D eigenvalue weighted by Gasteiger charge is 2.08. The number of hydrogen-bond donors (Lipinski definition) is 1. The first kappa shape index (κ1) is 13.1. The highest BCUT2D eigenvalue weighted by molar-refractivity contribution is 7.11. The lowest BCUT2D eigenvalue weighted by atomic mass is 10.1. The van der Waals surface area contributed by atoms with E-state index in [2.05, 4.69) is 29.4 Å². The zero-order chi connectivity index (χ0) is 13.0. The van der Waals surface area contributed by atoms with Crippen LogP contribution in [0.4, 0.5) is 0 Å². The zero-order valence-electron chi connectivity index (χ0n) is 10.9. The van der Waals surface area contributed by atoms with Crippen molar-refractivity contribution in [3.63, 3.8) is 0 Å². The molecule has 0 saturated heterocycles. The van der Waals surface area contributed by atoms with Gasteiger partial charge in [-0.15, -0.1) is 11.3 Å². The normalized spacial score (nSPS) is 12.4. The first-order valence-electron chi connectivity index (χ1n) is 5.97. The Morgan fingerprint density at radius 2 is 2.06 bits per heavy atom. The summed E-state index contributed by atoms with van der Waals surface area (Å²) in [5.74, 6) is 0.891. The van der Waals surface area contributed by atoms with Crippen molar-refractivity contribution >= 4 is 11.3 Å². The molecule has 1 heterocycles. The number of nitrogens with one attached hydrogen (secondary N) is 1. The van der Waals surface area contributed by atoms with Gasteiger partial charge in [-0.05, 0) is 31.7 Å². The fraction of sp³-hybridized carbons (Fsp3) is 0.357. The molecule has 3 nitrogen and oxygen atoms in total. The maximum Gasteiger partial charge on any atom is 0.118 e. The molecular formula is C14H18N2OS. The van der Waals surface area contributed by atoms with Crippen molar-refractivity contribution in [3.05, 3.63) is 45.9 Å². The summed E-state index contributed by atoms with van der Waals surface area (Å²) in [6.45, 7) is 2.14. The van der Waals surface area contributed by atoms with Gasteiger partial charge in [-0.25, -0.2) is 4.98 Å². The van der Waals surface area contributed by atoms with E-state index < -0.39 is 0 Å². The first-order chi connectivity index (χ1) is 8.72. The Morgan fingerprint density at radius 3 is 2.67 bits per heavy atom. The minimum Gasteiger partial charge on any atom is -0.497 e. The topological polar surface area (TPSA) is 34.2 Å². The molecule has 1 atom stereocenters. The molecule has 0 aliphatic rings. The van der Waals surface area contributed by atoms with Crippen LogP contribution in [0, 0.1) is 0 Å². The van der Waals surface area contributed by atoms with Crippen LogP contribution in [0.5, 0.6) is 5.75 Å². The second-order valence-corrected chi connectivity index (χ2v) is 5.34. The number of ether oxygens (including phenoxy) is 1. The average molecular weight is 262 g/mol. The van der Waals surface area contributed by atoms with Gasteiger partial charge in [-0.1, -0.05) is 12.1 Å². The van der Waals surface area contributed by atoms with E-state index in [1.807, 2.05) is 25.4 Å². The molecule has 1 aromatic carbocycles. The third-order valence-corrected chi connectivity index (χ3v) is 4.13. The fourth-order valence-corrected chi connectivity index (χ4v) is 2.68. The number of rotatable bonds is 5. The van der Waals surface area contributed by atoms with E-state index in [1.54, 1.807) is 18.4 Å². The summed E-state index contributed by atoms with van der Waals surface area (Å²) in [6, 6.07) is 8.51. The molecule has 0 spiro atoms. The molecule has 0 radical (unpaired) electrons. The van der Waals surface area contributed by atoms with Crippen LogP contribution >= 0.6 is 11.3 Å². The first-order valence-corrected chi connectivity index (χ1v) is 6.79. The van der Waals surface area contributed by atoms with Crippen LogP contribution in [-0.4, -0.2) is 19.1 Å². The molecule has 1 unspecified atom stereocenters.